The second-order valence-corrected chi connectivity index (χ2v) is 7.55. The Labute approximate surface area is 174 Å². The zero-order chi connectivity index (χ0) is 22.3. The Hall–Kier alpha value is -3.21. The first kappa shape index (κ1) is 21.0. The highest BCUT2D eigenvalue weighted by molar-refractivity contribution is 6.01. The van der Waals surface area contributed by atoms with Gasteiger partial charge in [-0.1, -0.05) is 6.08 Å². The molecule has 2 atom stereocenters. The zero-order valence-electron chi connectivity index (χ0n) is 16.6. The summed E-state index contributed by atoms with van der Waals surface area (Å²) in [5, 5.41) is 6.97. The number of amides is 2. The van der Waals surface area contributed by atoms with E-state index in [1.807, 2.05) is 0 Å². The molecular formula is C20H20F3N5O3. The molecule has 0 aliphatic heterocycles. The minimum Gasteiger partial charge on any atom is -0.378 e. The Kier molecular flexibility index (Phi) is 5.29. The van der Waals surface area contributed by atoms with Crippen molar-refractivity contribution in [3.8, 4) is 0 Å². The third-order valence-electron chi connectivity index (χ3n) is 5.59. The van der Waals surface area contributed by atoms with Gasteiger partial charge in [-0.3, -0.25) is 9.59 Å². The van der Waals surface area contributed by atoms with E-state index in [9.17, 15) is 22.8 Å². The Morgan fingerprint density at radius 2 is 2.16 bits per heavy atom. The minimum absolute atomic E-state index is 0.00528. The summed E-state index contributed by atoms with van der Waals surface area (Å²) in [7, 11) is 1.42. The molecule has 2 heterocycles. The van der Waals surface area contributed by atoms with Crippen molar-refractivity contribution >= 4 is 17.5 Å². The molecule has 2 aromatic rings. The molecule has 2 aliphatic carbocycles. The van der Waals surface area contributed by atoms with Crippen molar-refractivity contribution in [3.05, 3.63) is 52.8 Å². The molecular weight excluding hydrogens is 415 g/mol. The van der Waals surface area contributed by atoms with Crippen LogP contribution in [0.4, 0.5) is 13.2 Å². The molecule has 1 saturated carbocycles. The summed E-state index contributed by atoms with van der Waals surface area (Å²) in [5.74, 6) is -6.33. The molecule has 2 unspecified atom stereocenters. The lowest BCUT2D eigenvalue weighted by atomic mass is 9.74. The molecule has 8 nitrogen and oxygen atoms in total. The molecule has 2 aromatic heterocycles. The first-order valence-corrected chi connectivity index (χ1v) is 9.63. The lowest BCUT2D eigenvalue weighted by molar-refractivity contribution is -0.0706. The second-order valence-electron chi connectivity index (χ2n) is 7.55. The fourth-order valence-electron chi connectivity index (χ4n) is 4.15. The van der Waals surface area contributed by atoms with Gasteiger partial charge in [-0.05, 0) is 24.1 Å². The topological polar surface area (TPSA) is 112 Å². The fourth-order valence-corrected chi connectivity index (χ4v) is 4.15. The van der Waals surface area contributed by atoms with E-state index < -0.39 is 48.4 Å². The van der Waals surface area contributed by atoms with Gasteiger partial charge in [0.1, 0.15) is 22.8 Å². The molecule has 0 bridgehead atoms. The lowest BCUT2D eigenvalue weighted by Gasteiger charge is -2.39. The van der Waals surface area contributed by atoms with Gasteiger partial charge < -0.3 is 15.8 Å². The predicted molar refractivity (Wildman–Crippen MR) is 103 cm³/mol. The molecule has 0 aromatic carbocycles. The van der Waals surface area contributed by atoms with Gasteiger partial charge in [0.25, 0.3) is 17.7 Å². The zero-order valence-corrected chi connectivity index (χ0v) is 16.6. The van der Waals surface area contributed by atoms with E-state index >= 15 is 0 Å². The van der Waals surface area contributed by atoms with E-state index in [-0.39, 0.29) is 41.2 Å². The van der Waals surface area contributed by atoms with Gasteiger partial charge in [0.15, 0.2) is 5.65 Å². The van der Waals surface area contributed by atoms with E-state index in [2.05, 4.69) is 15.4 Å². The summed E-state index contributed by atoms with van der Waals surface area (Å²) in [6, 6.07) is 0.703. The third kappa shape index (κ3) is 3.69. The van der Waals surface area contributed by atoms with Crippen molar-refractivity contribution in [2.75, 3.05) is 7.11 Å². The van der Waals surface area contributed by atoms with Gasteiger partial charge in [-0.2, -0.15) is 5.10 Å². The number of hydrogen-bond donors (Lipinski definition) is 2. The molecule has 4 rings (SSSR count). The molecule has 0 saturated heterocycles. The Morgan fingerprint density at radius 1 is 1.39 bits per heavy atom. The smallest absolute Gasteiger partial charge is 0.270 e. The quantitative estimate of drug-likeness (QED) is 0.749. The van der Waals surface area contributed by atoms with Gasteiger partial charge in [-0.15, -0.1) is 0 Å². The summed E-state index contributed by atoms with van der Waals surface area (Å²) in [5.41, 5.74) is 6.10. The Balaban J connectivity index is 1.68. The maximum absolute atomic E-state index is 14.3. The van der Waals surface area contributed by atoms with E-state index in [4.69, 9.17) is 10.5 Å². The van der Waals surface area contributed by atoms with Crippen LogP contribution in [0.3, 0.4) is 0 Å². The van der Waals surface area contributed by atoms with Crippen LogP contribution in [0.15, 0.2) is 35.8 Å². The van der Waals surface area contributed by atoms with Crippen LogP contribution in [-0.2, 0) is 11.3 Å². The van der Waals surface area contributed by atoms with Crippen LogP contribution in [0.5, 0.6) is 0 Å². The van der Waals surface area contributed by atoms with E-state index in [1.54, 1.807) is 0 Å². The van der Waals surface area contributed by atoms with Crippen LogP contribution in [0, 0.1) is 5.92 Å². The van der Waals surface area contributed by atoms with E-state index in [0.717, 1.165) is 6.08 Å². The number of nitrogens with one attached hydrogen (secondary N) is 1. The van der Waals surface area contributed by atoms with Crippen molar-refractivity contribution in [1.82, 2.24) is 19.9 Å². The number of carbonyl (C=O) groups is 2. The van der Waals surface area contributed by atoms with Gasteiger partial charge >= 0.3 is 0 Å². The SMILES string of the molecule is COCc1nn2c(C(=O)NC3CCC(F)(F)C4CC(F)=CC=C34)ccnc2c1C(N)=O. The average molecular weight is 435 g/mol. The lowest BCUT2D eigenvalue weighted by Crippen LogP contribution is -2.48. The normalized spacial score (nSPS) is 22.5. The highest BCUT2D eigenvalue weighted by Gasteiger charge is 2.49. The number of alkyl halides is 2. The summed E-state index contributed by atoms with van der Waals surface area (Å²) >= 11 is 0. The van der Waals surface area contributed by atoms with Crippen LogP contribution in [0.25, 0.3) is 5.65 Å². The molecule has 2 amide bonds. The fraction of sp³-hybridized carbons (Fsp3) is 0.400. The number of aromatic nitrogens is 3. The molecule has 31 heavy (non-hydrogen) atoms. The monoisotopic (exact) mass is 435 g/mol. The number of allylic oxidation sites excluding steroid dienone is 3. The number of primary amides is 1. The molecule has 1 fully saturated rings. The summed E-state index contributed by atoms with van der Waals surface area (Å²) in [6.45, 7) is -0.0210. The highest BCUT2D eigenvalue weighted by atomic mass is 19.3. The van der Waals surface area contributed by atoms with Crippen molar-refractivity contribution < 1.29 is 27.5 Å². The van der Waals surface area contributed by atoms with Gasteiger partial charge in [-0.25, -0.2) is 22.7 Å². The van der Waals surface area contributed by atoms with Crippen molar-refractivity contribution in [3.63, 3.8) is 0 Å². The number of carbonyl (C=O) groups excluding carboxylic acids is 2. The first-order chi connectivity index (χ1) is 14.7. The standard InChI is InChI=1S/C20H20F3N5O3/c1-31-9-14-16(17(24)29)18-25-7-5-15(28(18)27-14)19(30)26-13-4-6-20(22,23)12-8-10(21)2-3-11(12)13/h2-3,5,7,12-13H,4,6,8-9H2,1H3,(H2,24,29)(H,26,30). The predicted octanol–water partition coefficient (Wildman–Crippen LogP) is 2.30. The number of nitrogens with two attached hydrogens (primary N) is 1. The number of methoxy groups -OCH3 is 1. The molecule has 164 valence electrons. The number of fused-ring (bicyclic) bond motifs is 2. The van der Waals surface area contributed by atoms with Crippen LogP contribution in [-0.4, -0.2) is 45.5 Å². The highest BCUT2D eigenvalue weighted by Crippen LogP contribution is 2.46. The van der Waals surface area contributed by atoms with Crippen LogP contribution in [0.1, 0.15) is 45.8 Å². The summed E-state index contributed by atoms with van der Waals surface area (Å²) < 4.78 is 48.5. The molecule has 2 aliphatic rings. The molecule has 0 spiro atoms. The Morgan fingerprint density at radius 3 is 2.87 bits per heavy atom. The molecule has 0 radical (unpaired) electrons. The second kappa shape index (κ2) is 7.80. The summed E-state index contributed by atoms with van der Waals surface area (Å²) in [6.07, 6.45) is 2.94. The number of ether oxygens (including phenoxy) is 1. The van der Waals surface area contributed by atoms with Gasteiger partial charge in [0.2, 0.25) is 0 Å². The number of nitrogens with zero attached hydrogens (tertiary/aromatic N) is 3. The average Bonchev–Trinajstić information content (AvgIpc) is 3.09. The third-order valence-corrected chi connectivity index (χ3v) is 5.59. The summed E-state index contributed by atoms with van der Waals surface area (Å²) in [4.78, 5) is 29.0. The van der Waals surface area contributed by atoms with E-state index in [1.165, 1.54) is 30.0 Å². The maximum Gasteiger partial charge on any atom is 0.270 e. The first-order valence-electron chi connectivity index (χ1n) is 9.63. The largest absolute Gasteiger partial charge is 0.378 e. The molecule has 11 heteroatoms. The Bertz CT molecular complexity index is 1120. The maximum atomic E-state index is 14.3. The van der Waals surface area contributed by atoms with E-state index in [0.29, 0.717) is 0 Å². The van der Waals surface area contributed by atoms with Crippen molar-refractivity contribution in [2.24, 2.45) is 11.7 Å². The van der Waals surface area contributed by atoms with Crippen LogP contribution < -0.4 is 11.1 Å². The number of rotatable bonds is 5. The van der Waals surface area contributed by atoms with Crippen molar-refractivity contribution in [2.45, 2.75) is 37.8 Å². The van der Waals surface area contributed by atoms with Gasteiger partial charge in [0.05, 0.1) is 18.6 Å². The van der Waals surface area contributed by atoms with Crippen molar-refractivity contribution in [1.29, 1.82) is 0 Å². The van der Waals surface area contributed by atoms with Crippen LogP contribution >= 0.6 is 0 Å². The number of halogens is 3. The minimum atomic E-state index is -3.05. The number of hydrogen-bond acceptors (Lipinski definition) is 5. The van der Waals surface area contributed by atoms with Crippen LogP contribution in [0.2, 0.25) is 0 Å². The molecule has 3 N–H and O–H groups in total. The van der Waals surface area contributed by atoms with Gasteiger partial charge in [0, 0.05) is 26.1 Å².